The van der Waals surface area contributed by atoms with Gasteiger partial charge in [0, 0.05) is 35.9 Å². The standard InChI is InChI=1S/C15H19NO3/c17-8-11-1-3-14-12(9-18)2-4-15(16(14)7-11)13-5-6-19-10-13/h5-8,10,12,14-15,18H,1-4,9H2/t12-,14-,15-/m1/s1. The van der Waals surface area contributed by atoms with E-state index in [9.17, 15) is 9.90 Å². The smallest absolute Gasteiger partial charge is 0.147 e. The van der Waals surface area contributed by atoms with Crippen LogP contribution in [0.1, 0.15) is 37.3 Å². The van der Waals surface area contributed by atoms with Crippen molar-refractivity contribution in [3.8, 4) is 0 Å². The van der Waals surface area contributed by atoms with Crippen molar-refractivity contribution in [1.29, 1.82) is 0 Å². The molecular formula is C15H19NO3. The maximum Gasteiger partial charge on any atom is 0.147 e. The average molecular weight is 261 g/mol. The van der Waals surface area contributed by atoms with Gasteiger partial charge in [-0.1, -0.05) is 0 Å². The van der Waals surface area contributed by atoms with Crippen LogP contribution < -0.4 is 0 Å². The van der Waals surface area contributed by atoms with Crippen molar-refractivity contribution in [2.24, 2.45) is 5.92 Å². The minimum Gasteiger partial charge on any atom is -0.472 e. The second-order valence-electron chi connectivity index (χ2n) is 5.47. The summed E-state index contributed by atoms with van der Waals surface area (Å²) in [5.74, 6) is 0.313. The number of aliphatic hydroxyl groups excluding tert-OH is 1. The summed E-state index contributed by atoms with van der Waals surface area (Å²) < 4.78 is 5.19. The zero-order valence-corrected chi connectivity index (χ0v) is 10.9. The van der Waals surface area contributed by atoms with E-state index in [0.29, 0.717) is 12.0 Å². The van der Waals surface area contributed by atoms with Crippen molar-refractivity contribution < 1.29 is 14.3 Å². The van der Waals surface area contributed by atoms with E-state index in [-0.39, 0.29) is 12.6 Å². The fraction of sp³-hybridized carbons (Fsp3) is 0.533. The Morgan fingerprint density at radius 3 is 3.00 bits per heavy atom. The zero-order chi connectivity index (χ0) is 13.2. The molecule has 4 heteroatoms. The van der Waals surface area contributed by atoms with E-state index < -0.39 is 0 Å². The van der Waals surface area contributed by atoms with Gasteiger partial charge in [-0.25, -0.2) is 0 Å². The predicted molar refractivity (Wildman–Crippen MR) is 70.3 cm³/mol. The van der Waals surface area contributed by atoms with Crippen LogP contribution in [0, 0.1) is 5.92 Å². The van der Waals surface area contributed by atoms with Gasteiger partial charge in [-0.05, 0) is 31.7 Å². The Kier molecular flexibility index (Phi) is 3.42. The van der Waals surface area contributed by atoms with E-state index in [1.807, 2.05) is 12.3 Å². The normalized spacial score (nSPS) is 30.7. The number of aliphatic hydroxyl groups is 1. The molecule has 1 aromatic rings. The lowest BCUT2D eigenvalue weighted by molar-refractivity contribution is -0.105. The fourth-order valence-corrected chi connectivity index (χ4v) is 3.43. The molecule has 3 atom stereocenters. The van der Waals surface area contributed by atoms with Crippen molar-refractivity contribution in [2.75, 3.05) is 6.61 Å². The molecule has 0 aromatic carbocycles. The Bertz CT molecular complexity index is 466. The van der Waals surface area contributed by atoms with Crippen molar-refractivity contribution >= 4 is 6.29 Å². The summed E-state index contributed by atoms with van der Waals surface area (Å²) in [5.41, 5.74) is 2.01. The number of furan rings is 1. The summed E-state index contributed by atoms with van der Waals surface area (Å²) in [6.45, 7) is 0.226. The molecule has 1 fully saturated rings. The number of aldehydes is 1. The van der Waals surface area contributed by atoms with Gasteiger partial charge in [-0.2, -0.15) is 0 Å². The van der Waals surface area contributed by atoms with Crippen LogP contribution in [0.15, 0.2) is 34.8 Å². The topological polar surface area (TPSA) is 53.7 Å². The summed E-state index contributed by atoms with van der Waals surface area (Å²) in [6.07, 6.45) is 10.2. The monoisotopic (exact) mass is 261 g/mol. The molecule has 0 unspecified atom stereocenters. The lowest BCUT2D eigenvalue weighted by Crippen LogP contribution is -2.47. The molecule has 2 aliphatic heterocycles. The maximum atomic E-state index is 11.0. The number of fused-ring (bicyclic) bond motifs is 1. The van der Waals surface area contributed by atoms with Crippen molar-refractivity contribution in [3.63, 3.8) is 0 Å². The molecule has 3 heterocycles. The highest BCUT2D eigenvalue weighted by molar-refractivity contribution is 5.73. The third-order valence-electron chi connectivity index (χ3n) is 4.46. The van der Waals surface area contributed by atoms with Crippen molar-refractivity contribution in [3.05, 3.63) is 35.9 Å². The van der Waals surface area contributed by atoms with Crippen LogP contribution in [0.4, 0.5) is 0 Å². The minimum atomic E-state index is 0.226. The lowest BCUT2D eigenvalue weighted by Gasteiger charge is -2.47. The van der Waals surface area contributed by atoms with E-state index in [1.54, 1.807) is 12.5 Å². The molecular weight excluding hydrogens is 242 g/mol. The first-order chi connectivity index (χ1) is 9.33. The van der Waals surface area contributed by atoms with Crippen LogP contribution in [0.25, 0.3) is 0 Å². The summed E-state index contributed by atoms with van der Waals surface area (Å²) in [7, 11) is 0. The third kappa shape index (κ3) is 2.21. The summed E-state index contributed by atoms with van der Waals surface area (Å²) in [6, 6.07) is 2.59. The highest BCUT2D eigenvalue weighted by atomic mass is 16.3. The maximum absolute atomic E-state index is 11.0. The Hall–Kier alpha value is -1.55. The van der Waals surface area contributed by atoms with Crippen LogP contribution in [0.3, 0.4) is 0 Å². The minimum absolute atomic E-state index is 0.226. The van der Waals surface area contributed by atoms with E-state index >= 15 is 0 Å². The number of carbonyl (C=O) groups excluding carboxylic acids is 1. The van der Waals surface area contributed by atoms with Gasteiger partial charge >= 0.3 is 0 Å². The second kappa shape index (κ2) is 5.21. The quantitative estimate of drug-likeness (QED) is 0.848. The zero-order valence-electron chi connectivity index (χ0n) is 10.9. The lowest BCUT2D eigenvalue weighted by atomic mass is 9.80. The van der Waals surface area contributed by atoms with E-state index in [2.05, 4.69) is 4.90 Å². The molecule has 4 nitrogen and oxygen atoms in total. The number of piperidine rings is 1. The number of allylic oxidation sites excluding steroid dienone is 1. The van der Waals surface area contributed by atoms with Gasteiger partial charge in [-0.15, -0.1) is 0 Å². The number of nitrogens with zero attached hydrogens (tertiary/aromatic N) is 1. The van der Waals surface area contributed by atoms with E-state index in [1.165, 1.54) is 0 Å². The van der Waals surface area contributed by atoms with Gasteiger partial charge in [0.05, 0.1) is 18.6 Å². The molecule has 0 saturated carbocycles. The predicted octanol–water partition coefficient (Wildman–Crippen LogP) is 2.27. The molecule has 0 amide bonds. The Morgan fingerprint density at radius 1 is 1.42 bits per heavy atom. The number of hydrogen-bond donors (Lipinski definition) is 1. The molecule has 0 radical (unpaired) electrons. The number of rotatable bonds is 3. The molecule has 1 N–H and O–H groups in total. The first-order valence-corrected chi connectivity index (χ1v) is 6.89. The van der Waals surface area contributed by atoms with Crippen molar-refractivity contribution in [2.45, 2.75) is 37.8 Å². The molecule has 3 rings (SSSR count). The van der Waals surface area contributed by atoms with Crippen LogP contribution in [-0.2, 0) is 4.79 Å². The average Bonchev–Trinajstić information content (AvgIpc) is 2.99. The summed E-state index contributed by atoms with van der Waals surface area (Å²) in [4.78, 5) is 13.3. The first-order valence-electron chi connectivity index (χ1n) is 6.89. The molecule has 0 aliphatic carbocycles. The fourth-order valence-electron chi connectivity index (χ4n) is 3.43. The number of hydrogen-bond acceptors (Lipinski definition) is 4. The highest BCUT2D eigenvalue weighted by Crippen LogP contribution is 2.41. The Morgan fingerprint density at radius 2 is 2.32 bits per heavy atom. The Balaban J connectivity index is 1.92. The van der Waals surface area contributed by atoms with E-state index in [0.717, 1.165) is 43.1 Å². The second-order valence-corrected chi connectivity index (χ2v) is 5.47. The van der Waals surface area contributed by atoms with Gasteiger partial charge in [0.15, 0.2) is 0 Å². The molecule has 1 aromatic heterocycles. The summed E-state index contributed by atoms with van der Waals surface area (Å²) >= 11 is 0. The van der Waals surface area contributed by atoms with Crippen LogP contribution in [-0.4, -0.2) is 28.9 Å². The van der Waals surface area contributed by atoms with Gasteiger partial charge < -0.3 is 14.4 Å². The third-order valence-corrected chi connectivity index (χ3v) is 4.46. The van der Waals surface area contributed by atoms with Crippen LogP contribution in [0.2, 0.25) is 0 Å². The Labute approximate surface area is 112 Å². The SMILES string of the molecule is O=CC1=CN2[C@@H](c3ccoc3)CC[C@H](CO)[C@H]2CC1. The van der Waals surface area contributed by atoms with E-state index in [4.69, 9.17) is 4.42 Å². The van der Waals surface area contributed by atoms with Gasteiger partial charge in [0.1, 0.15) is 6.29 Å². The first kappa shape index (κ1) is 12.5. The van der Waals surface area contributed by atoms with Crippen LogP contribution in [0.5, 0.6) is 0 Å². The molecule has 1 saturated heterocycles. The molecule has 0 spiro atoms. The van der Waals surface area contributed by atoms with Crippen molar-refractivity contribution in [1.82, 2.24) is 4.90 Å². The molecule has 19 heavy (non-hydrogen) atoms. The number of carbonyl (C=O) groups is 1. The molecule has 0 bridgehead atoms. The molecule has 102 valence electrons. The largest absolute Gasteiger partial charge is 0.472 e. The van der Waals surface area contributed by atoms with Gasteiger partial charge in [-0.3, -0.25) is 4.79 Å². The van der Waals surface area contributed by atoms with Crippen LogP contribution >= 0.6 is 0 Å². The highest BCUT2D eigenvalue weighted by Gasteiger charge is 2.38. The molecule has 2 aliphatic rings. The summed E-state index contributed by atoms with van der Waals surface area (Å²) in [5, 5.41) is 9.53. The van der Waals surface area contributed by atoms with Gasteiger partial charge in [0.2, 0.25) is 0 Å². The van der Waals surface area contributed by atoms with Gasteiger partial charge in [0.25, 0.3) is 0 Å².